The zero-order chi connectivity index (χ0) is 22.5. The largest absolute Gasteiger partial charge is 0.324 e. The maximum atomic E-state index is 12.9. The number of aryl methyl sites for hydroxylation is 2. The molecule has 3 rings (SSSR count). The van der Waals surface area contributed by atoms with E-state index in [1.54, 1.807) is 13.8 Å². The summed E-state index contributed by atoms with van der Waals surface area (Å²) < 4.78 is 1.08. The highest BCUT2D eigenvalue weighted by molar-refractivity contribution is 5.93. The van der Waals surface area contributed by atoms with E-state index < -0.39 is 5.56 Å². The number of hydrogen-bond acceptors (Lipinski definition) is 4. The van der Waals surface area contributed by atoms with Crippen LogP contribution in [0.4, 0.5) is 11.4 Å². The predicted octanol–water partition coefficient (Wildman–Crippen LogP) is 3.76. The van der Waals surface area contributed by atoms with Crippen LogP contribution in [0.2, 0.25) is 0 Å². The second kappa shape index (κ2) is 9.38. The van der Waals surface area contributed by atoms with Gasteiger partial charge in [-0.3, -0.25) is 14.4 Å². The Morgan fingerprint density at radius 3 is 2.23 bits per heavy atom. The molecule has 160 valence electrons. The minimum Gasteiger partial charge on any atom is -0.324 e. The molecule has 0 aliphatic carbocycles. The third-order valence-electron chi connectivity index (χ3n) is 4.62. The molecule has 0 aliphatic heterocycles. The zero-order valence-corrected chi connectivity index (χ0v) is 18.1. The monoisotopic (exact) mass is 418 g/mol. The highest BCUT2D eigenvalue weighted by atomic mass is 16.2. The Hall–Kier alpha value is -3.74. The molecule has 0 aliphatic rings. The normalized spacial score (nSPS) is 10.7. The summed E-state index contributed by atoms with van der Waals surface area (Å²) in [6.07, 6.45) is 0. The van der Waals surface area contributed by atoms with Crippen molar-refractivity contribution in [3.63, 3.8) is 0 Å². The Kier molecular flexibility index (Phi) is 6.65. The molecule has 1 heterocycles. The van der Waals surface area contributed by atoms with Crippen molar-refractivity contribution in [2.75, 3.05) is 10.6 Å². The standard InChI is InChI=1S/C24H26N4O3/c1-15(2)23(30)26-21-13-20(18-8-6-5-7-9-18)27-28(24(21)31)14-22(29)25-19-11-16(3)10-17(4)12-19/h5-13,15H,14H2,1-4H3,(H,25,29)(H,26,30). The molecule has 7 heteroatoms. The predicted molar refractivity (Wildman–Crippen MR) is 122 cm³/mol. The van der Waals surface area contributed by atoms with Crippen LogP contribution >= 0.6 is 0 Å². The Morgan fingerprint density at radius 1 is 0.968 bits per heavy atom. The molecule has 0 saturated heterocycles. The molecule has 1 aromatic heterocycles. The molecule has 0 saturated carbocycles. The molecule has 0 unspecified atom stereocenters. The molecule has 7 nitrogen and oxygen atoms in total. The molecule has 0 fully saturated rings. The van der Waals surface area contributed by atoms with E-state index in [1.807, 2.05) is 62.4 Å². The lowest BCUT2D eigenvalue weighted by Gasteiger charge is -2.13. The van der Waals surface area contributed by atoms with Crippen LogP contribution in [0, 0.1) is 19.8 Å². The summed E-state index contributed by atoms with van der Waals surface area (Å²) >= 11 is 0. The van der Waals surface area contributed by atoms with Crippen molar-refractivity contribution >= 4 is 23.2 Å². The first kappa shape index (κ1) is 22.0. The number of carbonyl (C=O) groups excluding carboxylic acids is 2. The highest BCUT2D eigenvalue weighted by Gasteiger charge is 2.16. The second-order valence-corrected chi connectivity index (χ2v) is 7.84. The lowest BCUT2D eigenvalue weighted by molar-refractivity contribution is -0.119. The molecule has 0 atom stereocenters. The maximum absolute atomic E-state index is 12.9. The molecule has 2 amide bonds. The van der Waals surface area contributed by atoms with Crippen LogP contribution in [0.5, 0.6) is 0 Å². The van der Waals surface area contributed by atoms with Gasteiger partial charge in [0.15, 0.2) is 0 Å². The summed E-state index contributed by atoms with van der Waals surface area (Å²) in [7, 11) is 0. The summed E-state index contributed by atoms with van der Waals surface area (Å²) in [6, 6.07) is 16.5. The first-order chi connectivity index (χ1) is 14.7. The maximum Gasteiger partial charge on any atom is 0.291 e. The average Bonchev–Trinajstić information content (AvgIpc) is 2.70. The Balaban J connectivity index is 1.94. The van der Waals surface area contributed by atoms with Gasteiger partial charge in [0.25, 0.3) is 5.56 Å². The van der Waals surface area contributed by atoms with E-state index in [1.165, 1.54) is 6.07 Å². The van der Waals surface area contributed by atoms with Gasteiger partial charge in [-0.15, -0.1) is 0 Å². The molecule has 2 N–H and O–H groups in total. The van der Waals surface area contributed by atoms with Crippen LogP contribution in [0.1, 0.15) is 25.0 Å². The molecular formula is C24H26N4O3. The van der Waals surface area contributed by atoms with Crippen molar-refractivity contribution < 1.29 is 9.59 Å². The summed E-state index contributed by atoms with van der Waals surface area (Å²) in [4.78, 5) is 37.8. The van der Waals surface area contributed by atoms with Gasteiger partial charge in [0.1, 0.15) is 12.2 Å². The zero-order valence-electron chi connectivity index (χ0n) is 18.1. The lowest BCUT2D eigenvalue weighted by atomic mass is 10.1. The van der Waals surface area contributed by atoms with Gasteiger partial charge in [-0.25, -0.2) is 4.68 Å². The van der Waals surface area contributed by atoms with Crippen molar-refractivity contribution in [1.82, 2.24) is 9.78 Å². The van der Waals surface area contributed by atoms with Crippen molar-refractivity contribution in [3.05, 3.63) is 76.1 Å². The SMILES string of the molecule is Cc1cc(C)cc(NC(=O)Cn2nc(-c3ccccc3)cc(NC(=O)C(C)C)c2=O)c1. The highest BCUT2D eigenvalue weighted by Crippen LogP contribution is 2.18. The molecule has 3 aromatic rings. The lowest BCUT2D eigenvalue weighted by Crippen LogP contribution is -2.33. The Labute approximate surface area is 181 Å². The number of anilines is 2. The summed E-state index contributed by atoms with van der Waals surface area (Å²) in [6.45, 7) is 7.09. The van der Waals surface area contributed by atoms with Gasteiger partial charge in [0.05, 0.1) is 5.69 Å². The van der Waals surface area contributed by atoms with Gasteiger partial charge < -0.3 is 10.6 Å². The van der Waals surface area contributed by atoms with Crippen LogP contribution in [0.3, 0.4) is 0 Å². The molecular weight excluding hydrogens is 392 g/mol. The number of aromatic nitrogens is 2. The molecule has 0 spiro atoms. The van der Waals surface area contributed by atoms with Crippen LogP contribution in [-0.4, -0.2) is 21.6 Å². The number of nitrogens with one attached hydrogen (secondary N) is 2. The van der Waals surface area contributed by atoms with E-state index in [-0.39, 0.29) is 30.0 Å². The molecule has 0 bridgehead atoms. The fourth-order valence-corrected chi connectivity index (χ4v) is 3.15. The van der Waals surface area contributed by atoms with Crippen molar-refractivity contribution in [2.24, 2.45) is 5.92 Å². The number of nitrogens with zero attached hydrogens (tertiary/aromatic N) is 2. The molecule has 2 aromatic carbocycles. The van der Waals surface area contributed by atoms with E-state index in [2.05, 4.69) is 15.7 Å². The average molecular weight is 418 g/mol. The van der Waals surface area contributed by atoms with Crippen LogP contribution in [-0.2, 0) is 16.1 Å². The van der Waals surface area contributed by atoms with Gasteiger partial charge in [-0.2, -0.15) is 5.10 Å². The van der Waals surface area contributed by atoms with Crippen molar-refractivity contribution in [2.45, 2.75) is 34.2 Å². The number of carbonyl (C=O) groups is 2. The molecule has 31 heavy (non-hydrogen) atoms. The van der Waals surface area contributed by atoms with Crippen LogP contribution in [0.25, 0.3) is 11.3 Å². The third kappa shape index (κ3) is 5.66. The van der Waals surface area contributed by atoms with Crippen LogP contribution < -0.4 is 16.2 Å². The first-order valence-electron chi connectivity index (χ1n) is 10.1. The van der Waals surface area contributed by atoms with E-state index in [0.717, 1.165) is 21.4 Å². The number of benzene rings is 2. The topological polar surface area (TPSA) is 93.1 Å². The molecule has 0 radical (unpaired) electrons. The van der Waals surface area contributed by atoms with E-state index in [0.29, 0.717) is 11.4 Å². The summed E-state index contributed by atoms with van der Waals surface area (Å²) in [5, 5.41) is 9.83. The van der Waals surface area contributed by atoms with Gasteiger partial charge >= 0.3 is 0 Å². The number of hydrogen-bond donors (Lipinski definition) is 2. The van der Waals surface area contributed by atoms with E-state index >= 15 is 0 Å². The van der Waals surface area contributed by atoms with Gasteiger partial charge in [0, 0.05) is 17.2 Å². The van der Waals surface area contributed by atoms with Crippen molar-refractivity contribution in [3.8, 4) is 11.3 Å². The first-order valence-corrected chi connectivity index (χ1v) is 10.1. The fourth-order valence-electron chi connectivity index (χ4n) is 3.15. The summed E-state index contributed by atoms with van der Waals surface area (Å²) in [5.74, 6) is -0.964. The van der Waals surface area contributed by atoms with E-state index in [4.69, 9.17) is 0 Å². The smallest absolute Gasteiger partial charge is 0.291 e. The van der Waals surface area contributed by atoms with Gasteiger partial charge in [0.2, 0.25) is 11.8 Å². The van der Waals surface area contributed by atoms with Gasteiger partial charge in [-0.1, -0.05) is 50.2 Å². The fraction of sp³-hybridized carbons (Fsp3) is 0.250. The quantitative estimate of drug-likeness (QED) is 0.637. The summed E-state index contributed by atoms with van der Waals surface area (Å²) in [5.41, 5.74) is 3.51. The number of rotatable bonds is 6. The number of amides is 2. The second-order valence-electron chi connectivity index (χ2n) is 7.84. The minimum atomic E-state index is -0.538. The van der Waals surface area contributed by atoms with Crippen molar-refractivity contribution in [1.29, 1.82) is 0 Å². The Bertz CT molecular complexity index is 1150. The third-order valence-corrected chi connectivity index (χ3v) is 4.62. The van der Waals surface area contributed by atoms with Gasteiger partial charge in [-0.05, 0) is 43.2 Å². The van der Waals surface area contributed by atoms with E-state index in [9.17, 15) is 14.4 Å². The van der Waals surface area contributed by atoms with Crippen LogP contribution in [0.15, 0.2) is 59.4 Å². The minimum absolute atomic E-state index is 0.0896. The Morgan fingerprint density at radius 2 is 1.61 bits per heavy atom.